The second kappa shape index (κ2) is 7.16. The number of hydrogen-bond donors (Lipinski definition) is 1. The largest absolute Gasteiger partial charge is 0.478 e. The van der Waals surface area contributed by atoms with Gasteiger partial charge in [0.25, 0.3) is 5.91 Å². The Hall–Kier alpha value is -2.65. The van der Waals surface area contributed by atoms with Gasteiger partial charge in [-0.05, 0) is 48.0 Å². The van der Waals surface area contributed by atoms with Crippen molar-refractivity contribution < 1.29 is 27.9 Å². The number of rotatable bonds is 3. The van der Waals surface area contributed by atoms with Crippen LogP contribution in [0.3, 0.4) is 0 Å². The molecule has 1 fully saturated rings. The van der Waals surface area contributed by atoms with E-state index in [1.165, 1.54) is 47.4 Å². The molecule has 0 saturated carbocycles. The average Bonchev–Trinajstić information content (AvgIpc) is 2.88. The molecular formula is C18H10F3NO3S2. The van der Waals surface area contributed by atoms with E-state index in [0.717, 1.165) is 23.9 Å². The monoisotopic (exact) mass is 409 g/mol. The van der Waals surface area contributed by atoms with E-state index < -0.39 is 23.6 Å². The van der Waals surface area contributed by atoms with Gasteiger partial charge >= 0.3 is 12.1 Å². The molecule has 1 aliphatic heterocycles. The first-order valence-electron chi connectivity index (χ1n) is 7.45. The Morgan fingerprint density at radius 2 is 1.67 bits per heavy atom. The second-order valence-corrected chi connectivity index (χ2v) is 7.16. The fourth-order valence-corrected chi connectivity index (χ4v) is 3.66. The maximum atomic E-state index is 12.6. The van der Waals surface area contributed by atoms with Crippen molar-refractivity contribution in [2.24, 2.45) is 0 Å². The van der Waals surface area contributed by atoms with E-state index in [2.05, 4.69) is 0 Å². The molecule has 0 unspecified atom stereocenters. The number of amides is 1. The molecule has 0 aliphatic carbocycles. The van der Waals surface area contributed by atoms with Crippen molar-refractivity contribution in [2.75, 3.05) is 4.90 Å². The van der Waals surface area contributed by atoms with Crippen LogP contribution in [0.4, 0.5) is 18.9 Å². The highest BCUT2D eigenvalue weighted by molar-refractivity contribution is 8.27. The van der Waals surface area contributed by atoms with E-state index in [-0.39, 0.29) is 14.8 Å². The van der Waals surface area contributed by atoms with Gasteiger partial charge in [-0.3, -0.25) is 9.69 Å². The van der Waals surface area contributed by atoms with E-state index in [1.807, 2.05) is 0 Å². The third kappa shape index (κ3) is 4.04. The van der Waals surface area contributed by atoms with Crippen LogP contribution in [-0.2, 0) is 11.0 Å². The van der Waals surface area contributed by atoms with Crippen molar-refractivity contribution in [1.29, 1.82) is 0 Å². The Bertz CT molecular complexity index is 951. The van der Waals surface area contributed by atoms with Crippen molar-refractivity contribution in [3.8, 4) is 0 Å². The van der Waals surface area contributed by atoms with Gasteiger partial charge in [-0.1, -0.05) is 36.1 Å². The number of alkyl halides is 3. The predicted octanol–water partition coefficient (Wildman–Crippen LogP) is 4.81. The lowest BCUT2D eigenvalue weighted by atomic mass is 10.1. The number of thiocarbonyl (C=S) groups is 1. The van der Waals surface area contributed by atoms with Gasteiger partial charge in [-0.25, -0.2) is 4.79 Å². The molecule has 1 aliphatic rings. The zero-order valence-electron chi connectivity index (χ0n) is 13.4. The Labute approximate surface area is 161 Å². The van der Waals surface area contributed by atoms with Crippen LogP contribution in [0.5, 0.6) is 0 Å². The molecule has 2 aromatic carbocycles. The van der Waals surface area contributed by atoms with Gasteiger partial charge in [0.2, 0.25) is 0 Å². The topological polar surface area (TPSA) is 57.6 Å². The summed E-state index contributed by atoms with van der Waals surface area (Å²) in [5.74, 6) is -1.51. The maximum Gasteiger partial charge on any atom is 0.416 e. The van der Waals surface area contributed by atoms with E-state index >= 15 is 0 Å². The van der Waals surface area contributed by atoms with Gasteiger partial charge in [-0.15, -0.1) is 0 Å². The van der Waals surface area contributed by atoms with Crippen LogP contribution < -0.4 is 4.90 Å². The van der Waals surface area contributed by atoms with Gasteiger partial charge in [0, 0.05) is 0 Å². The molecule has 0 aromatic heterocycles. The van der Waals surface area contributed by atoms with E-state index in [9.17, 15) is 22.8 Å². The first-order valence-corrected chi connectivity index (χ1v) is 8.68. The molecular weight excluding hydrogens is 399 g/mol. The van der Waals surface area contributed by atoms with E-state index in [0.29, 0.717) is 11.3 Å². The first kappa shape index (κ1) is 19.1. The fraction of sp³-hybridized carbons (Fsp3) is 0.0556. The summed E-state index contributed by atoms with van der Waals surface area (Å²) in [5.41, 5.74) is 0.151. The number of halogens is 3. The summed E-state index contributed by atoms with van der Waals surface area (Å²) in [6.07, 6.45) is -2.96. The molecule has 0 radical (unpaired) electrons. The molecule has 3 rings (SSSR count). The second-order valence-electron chi connectivity index (χ2n) is 5.49. The van der Waals surface area contributed by atoms with Crippen LogP contribution >= 0.6 is 24.0 Å². The van der Waals surface area contributed by atoms with Crippen LogP contribution in [0.25, 0.3) is 6.08 Å². The molecule has 1 N–H and O–H groups in total. The van der Waals surface area contributed by atoms with Crippen LogP contribution in [0.2, 0.25) is 0 Å². The number of thioether (sulfide) groups is 1. The van der Waals surface area contributed by atoms with Crippen molar-refractivity contribution in [2.45, 2.75) is 6.18 Å². The molecule has 4 nitrogen and oxygen atoms in total. The van der Waals surface area contributed by atoms with Gasteiger partial charge in [0.05, 0.1) is 21.7 Å². The summed E-state index contributed by atoms with van der Waals surface area (Å²) in [5, 5.41) is 8.93. The van der Waals surface area contributed by atoms with E-state index in [1.54, 1.807) is 0 Å². The van der Waals surface area contributed by atoms with Crippen LogP contribution in [0.1, 0.15) is 21.5 Å². The first-order chi connectivity index (χ1) is 12.7. The molecule has 1 saturated heterocycles. The Morgan fingerprint density at radius 1 is 1.07 bits per heavy atom. The minimum Gasteiger partial charge on any atom is -0.478 e. The highest BCUT2D eigenvalue weighted by atomic mass is 32.2. The van der Waals surface area contributed by atoms with Crippen molar-refractivity contribution in [3.05, 3.63) is 70.1 Å². The van der Waals surface area contributed by atoms with Gasteiger partial charge < -0.3 is 5.11 Å². The lowest BCUT2D eigenvalue weighted by molar-refractivity contribution is -0.137. The molecule has 138 valence electrons. The standard InChI is InChI=1S/C18H10F3NO3S2/c19-18(20,21)12-5-1-10(2-6-12)9-14-15(23)22(17(26)27-14)13-7-3-11(4-8-13)16(24)25/h1-9H,(H,24,25)/b14-9-. The minimum atomic E-state index is -4.43. The highest BCUT2D eigenvalue weighted by Crippen LogP contribution is 2.36. The molecule has 1 amide bonds. The quantitative estimate of drug-likeness (QED) is 0.583. The van der Waals surface area contributed by atoms with E-state index in [4.69, 9.17) is 17.3 Å². The Balaban J connectivity index is 1.85. The van der Waals surface area contributed by atoms with Gasteiger partial charge in [0.1, 0.15) is 0 Å². The SMILES string of the molecule is O=C(O)c1ccc(N2C(=O)/C(=C/c3ccc(C(F)(F)F)cc3)SC2=S)cc1. The summed E-state index contributed by atoms with van der Waals surface area (Å²) in [4.78, 5) is 25.0. The summed E-state index contributed by atoms with van der Waals surface area (Å²) >= 11 is 6.23. The number of aromatic carboxylic acids is 1. The molecule has 1 heterocycles. The summed E-state index contributed by atoms with van der Waals surface area (Å²) in [6, 6.07) is 10.1. The summed E-state index contributed by atoms with van der Waals surface area (Å²) in [7, 11) is 0. The number of anilines is 1. The minimum absolute atomic E-state index is 0.0736. The third-order valence-corrected chi connectivity index (χ3v) is 5.00. The van der Waals surface area contributed by atoms with Gasteiger partial charge in [-0.2, -0.15) is 13.2 Å². The number of hydrogen-bond acceptors (Lipinski definition) is 4. The number of carbonyl (C=O) groups excluding carboxylic acids is 1. The predicted molar refractivity (Wildman–Crippen MR) is 100 cm³/mol. The van der Waals surface area contributed by atoms with Crippen LogP contribution in [-0.4, -0.2) is 21.3 Å². The normalized spacial score (nSPS) is 16.3. The molecule has 0 bridgehead atoms. The zero-order chi connectivity index (χ0) is 19.8. The average molecular weight is 409 g/mol. The fourth-order valence-electron chi connectivity index (χ4n) is 2.36. The van der Waals surface area contributed by atoms with Gasteiger partial charge in [0.15, 0.2) is 4.32 Å². The molecule has 2 aromatic rings. The number of carboxylic acid groups (broad SMARTS) is 1. The molecule has 0 spiro atoms. The van der Waals surface area contributed by atoms with Crippen LogP contribution in [0.15, 0.2) is 53.4 Å². The Kier molecular flexibility index (Phi) is 5.07. The van der Waals surface area contributed by atoms with Crippen LogP contribution in [0, 0.1) is 0 Å². The van der Waals surface area contributed by atoms with Crippen molar-refractivity contribution in [3.63, 3.8) is 0 Å². The number of nitrogens with zero attached hydrogens (tertiary/aromatic N) is 1. The highest BCUT2D eigenvalue weighted by Gasteiger charge is 2.33. The molecule has 0 atom stereocenters. The Morgan fingerprint density at radius 3 is 2.19 bits per heavy atom. The smallest absolute Gasteiger partial charge is 0.416 e. The summed E-state index contributed by atoms with van der Waals surface area (Å²) in [6.45, 7) is 0. The van der Waals surface area contributed by atoms with Crippen molar-refractivity contribution >= 4 is 51.9 Å². The van der Waals surface area contributed by atoms with Crippen molar-refractivity contribution in [1.82, 2.24) is 0 Å². The summed E-state index contributed by atoms with van der Waals surface area (Å²) < 4.78 is 38.1. The maximum absolute atomic E-state index is 12.6. The zero-order valence-corrected chi connectivity index (χ0v) is 15.0. The lowest BCUT2D eigenvalue weighted by Crippen LogP contribution is -2.27. The molecule has 9 heteroatoms. The number of benzene rings is 2. The molecule has 27 heavy (non-hydrogen) atoms. The lowest BCUT2D eigenvalue weighted by Gasteiger charge is -2.14. The number of carboxylic acids is 1. The third-order valence-electron chi connectivity index (χ3n) is 3.70. The number of carbonyl (C=O) groups is 2.